The minimum Gasteiger partial charge on any atom is -0.479 e. The van der Waals surface area contributed by atoms with E-state index in [0.717, 1.165) is 0 Å². The van der Waals surface area contributed by atoms with Crippen LogP contribution >= 0.6 is 23.2 Å². The first-order chi connectivity index (χ1) is 7.04. The van der Waals surface area contributed by atoms with Gasteiger partial charge in [-0.25, -0.2) is 4.79 Å². The van der Waals surface area contributed by atoms with Gasteiger partial charge in [0.2, 0.25) is 0 Å². The summed E-state index contributed by atoms with van der Waals surface area (Å²) < 4.78 is 4.81. The van der Waals surface area contributed by atoms with Crippen molar-refractivity contribution in [2.45, 2.75) is 12.5 Å². The average molecular weight is 249 g/mol. The molecular weight excluding hydrogens is 239 g/mol. The van der Waals surface area contributed by atoms with Crippen molar-refractivity contribution in [1.29, 1.82) is 0 Å². The topological polar surface area (TPSA) is 46.5 Å². The van der Waals surface area contributed by atoms with E-state index in [9.17, 15) is 4.79 Å². The lowest BCUT2D eigenvalue weighted by Gasteiger charge is -2.11. The lowest BCUT2D eigenvalue weighted by Crippen LogP contribution is -2.24. The summed E-state index contributed by atoms with van der Waals surface area (Å²) in [4.78, 5) is 10.7. The van der Waals surface area contributed by atoms with Gasteiger partial charge in [0.1, 0.15) is 0 Å². The zero-order chi connectivity index (χ0) is 11.4. The normalized spacial score (nSPS) is 12.5. The second kappa shape index (κ2) is 5.35. The molecule has 82 valence electrons. The number of methoxy groups -OCH3 is 1. The van der Waals surface area contributed by atoms with Crippen LogP contribution < -0.4 is 0 Å². The quantitative estimate of drug-likeness (QED) is 0.892. The van der Waals surface area contributed by atoms with Crippen molar-refractivity contribution in [3.63, 3.8) is 0 Å². The van der Waals surface area contributed by atoms with Crippen molar-refractivity contribution in [1.82, 2.24) is 0 Å². The number of ether oxygens (including phenoxy) is 1. The summed E-state index contributed by atoms with van der Waals surface area (Å²) in [7, 11) is 1.35. The first-order valence-electron chi connectivity index (χ1n) is 4.24. The van der Waals surface area contributed by atoms with E-state index < -0.39 is 12.1 Å². The third-order valence-corrected chi connectivity index (χ3v) is 2.57. The summed E-state index contributed by atoms with van der Waals surface area (Å²) in [5, 5.41) is 9.76. The Morgan fingerprint density at radius 3 is 2.67 bits per heavy atom. The Balaban J connectivity index is 2.84. The molecule has 0 saturated carbocycles. The van der Waals surface area contributed by atoms with Gasteiger partial charge >= 0.3 is 5.97 Å². The van der Waals surface area contributed by atoms with Crippen molar-refractivity contribution < 1.29 is 14.6 Å². The first kappa shape index (κ1) is 12.3. The van der Waals surface area contributed by atoms with Gasteiger partial charge in [-0.05, 0) is 17.7 Å². The van der Waals surface area contributed by atoms with Crippen LogP contribution in [-0.2, 0) is 16.0 Å². The SMILES string of the molecule is CO[C@H](Cc1ccc(Cl)cc1Cl)C(=O)O. The predicted molar refractivity (Wildman–Crippen MR) is 58.6 cm³/mol. The van der Waals surface area contributed by atoms with Crippen LogP contribution in [0.25, 0.3) is 0 Å². The largest absolute Gasteiger partial charge is 0.479 e. The molecule has 0 aliphatic heterocycles. The zero-order valence-corrected chi connectivity index (χ0v) is 9.55. The van der Waals surface area contributed by atoms with Gasteiger partial charge in [-0.15, -0.1) is 0 Å². The summed E-state index contributed by atoms with van der Waals surface area (Å²) in [6, 6.07) is 4.93. The minimum absolute atomic E-state index is 0.224. The maximum absolute atomic E-state index is 10.7. The van der Waals surface area contributed by atoms with Gasteiger partial charge in [-0.2, -0.15) is 0 Å². The molecule has 1 aromatic rings. The van der Waals surface area contributed by atoms with Crippen molar-refractivity contribution in [3.8, 4) is 0 Å². The summed E-state index contributed by atoms with van der Waals surface area (Å²) in [6.45, 7) is 0. The molecule has 15 heavy (non-hydrogen) atoms. The standard InChI is InChI=1S/C10H10Cl2O3/c1-15-9(10(13)14)4-6-2-3-7(11)5-8(6)12/h2-3,5,9H,4H2,1H3,(H,13,14)/t9-/m1/s1. The van der Waals surface area contributed by atoms with Crippen LogP contribution in [0.2, 0.25) is 10.0 Å². The number of halogens is 2. The van der Waals surface area contributed by atoms with Crippen molar-refractivity contribution in [2.24, 2.45) is 0 Å². The molecule has 1 aromatic carbocycles. The summed E-state index contributed by atoms with van der Waals surface area (Å²) in [5.74, 6) is -1.01. The Labute approximate surface area is 97.6 Å². The smallest absolute Gasteiger partial charge is 0.333 e. The molecule has 0 bridgehead atoms. The fraction of sp³-hybridized carbons (Fsp3) is 0.300. The van der Waals surface area contributed by atoms with E-state index in [2.05, 4.69) is 0 Å². The molecule has 0 saturated heterocycles. The number of carboxylic acid groups (broad SMARTS) is 1. The van der Waals surface area contributed by atoms with Crippen LogP contribution in [0.1, 0.15) is 5.56 Å². The number of aliphatic carboxylic acids is 1. The molecule has 0 radical (unpaired) electrons. The molecule has 0 aliphatic carbocycles. The van der Waals surface area contributed by atoms with Crippen LogP contribution in [0.5, 0.6) is 0 Å². The Hall–Kier alpha value is -0.770. The lowest BCUT2D eigenvalue weighted by atomic mass is 10.1. The van der Waals surface area contributed by atoms with Crippen LogP contribution in [0.15, 0.2) is 18.2 Å². The van der Waals surface area contributed by atoms with Gasteiger partial charge < -0.3 is 9.84 Å². The molecule has 1 atom stereocenters. The van der Waals surface area contributed by atoms with Gasteiger partial charge in [0.25, 0.3) is 0 Å². The van der Waals surface area contributed by atoms with Gasteiger partial charge in [0.05, 0.1) is 0 Å². The highest BCUT2D eigenvalue weighted by Gasteiger charge is 2.18. The van der Waals surface area contributed by atoms with E-state index in [1.807, 2.05) is 0 Å². The molecule has 0 spiro atoms. The van der Waals surface area contributed by atoms with Crippen molar-refractivity contribution in [3.05, 3.63) is 33.8 Å². The monoisotopic (exact) mass is 248 g/mol. The molecule has 0 aliphatic rings. The summed E-state index contributed by atoms with van der Waals surface area (Å²) >= 11 is 11.6. The van der Waals surface area contributed by atoms with E-state index in [-0.39, 0.29) is 6.42 Å². The van der Waals surface area contributed by atoms with Gasteiger partial charge in [0.15, 0.2) is 6.10 Å². The second-order valence-corrected chi connectivity index (χ2v) is 3.85. The maximum atomic E-state index is 10.7. The molecular formula is C10H10Cl2O3. The second-order valence-electron chi connectivity index (χ2n) is 3.00. The Morgan fingerprint density at radius 2 is 2.20 bits per heavy atom. The van der Waals surface area contributed by atoms with E-state index in [4.69, 9.17) is 33.0 Å². The molecule has 0 unspecified atom stereocenters. The molecule has 0 amide bonds. The highest BCUT2D eigenvalue weighted by atomic mass is 35.5. The van der Waals surface area contributed by atoms with E-state index in [1.54, 1.807) is 18.2 Å². The summed E-state index contributed by atoms with van der Waals surface area (Å²) in [5.41, 5.74) is 0.704. The zero-order valence-electron chi connectivity index (χ0n) is 8.04. The Bertz CT molecular complexity index is 366. The molecule has 5 heteroatoms. The fourth-order valence-corrected chi connectivity index (χ4v) is 1.64. The average Bonchev–Trinajstić information content (AvgIpc) is 2.16. The van der Waals surface area contributed by atoms with Crippen LogP contribution in [0, 0.1) is 0 Å². The Morgan fingerprint density at radius 1 is 1.53 bits per heavy atom. The van der Waals surface area contributed by atoms with Crippen LogP contribution in [0.3, 0.4) is 0 Å². The molecule has 0 heterocycles. The lowest BCUT2D eigenvalue weighted by molar-refractivity contribution is -0.148. The summed E-state index contributed by atoms with van der Waals surface area (Å²) in [6.07, 6.45) is -0.661. The van der Waals surface area contributed by atoms with Crippen LogP contribution in [-0.4, -0.2) is 24.3 Å². The third-order valence-electron chi connectivity index (χ3n) is 1.98. The number of rotatable bonds is 4. The van der Waals surface area contributed by atoms with Crippen molar-refractivity contribution >= 4 is 29.2 Å². The van der Waals surface area contributed by atoms with Gasteiger partial charge in [-0.1, -0.05) is 29.3 Å². The third kappa shape index (κ3) is 3.38. The number of carbonyl (C=O) groups is 1. The molecule has 0 aromatic heterocycles. The van der Waals surface area contributed by atoms with Gasteiger partial charge in [0, 0.05) is 23.6 Å². The fourth-order valence-electron chi connectivity index (χ4n) is 1.16. The molecule has 1 N–H and O–H groups in total. The minimum atomic E-state index is -1.01. The Kier molecular flexibility index (Phi) is 4.39. The maximum Gasteiger partial charge on any atom is 0.333 e. The van der Waals surface area contributed by atoms with E-state index in [0.29, 0.717) is 15.6 Å². The predicted octanol–water partition coefficient (Wildman–Crippen LogP) is 2.64. The van der Waals surface area contributed by atoms with E-state index >= 15 is 0 Å². The number of carboxylic acids is 1. The van der Waals surface area contributed by atoms with Crippen LogP contribution in [0.4, 0.5) is 0 Å². The highest BCUT2D eigenvalue weighted by Crippen LogP contribution is 2.22. The first-order valence-corrected chi connectivity index (χ1v) is 4.99. The van der Waals surface area contributed by atoms with Crippen molar-refractivity contribution in [2.75, 3.05) is 7.11 Å². The molecule has 1 rings (SSSR count). The highest BCUT2D eigenvalue weighted by molar-refractivity contribution is 6.35. The number of benzene rings is 1. The number of hydrogen-bond acceptors (Lipinski definition) is 2. The molecule has 0 fully saturated rings. The molecule has 3 nitrogen and oxygen atoms in total. The van der Waals surface area contributed by atoms with E-state index in [1.165, 1.54) is 7.11 Å². The number of hydrogen-bond donors (Lipinski definition) is 1. The van der Waals surface area contributed by atoms with Gasteiger partial charge in [-0.3, -0.25) is 0 Å².